The molecule has 2 aliphatic rings. The number of alkyl halides is 1. The number of benzene rings is 1. The monoisotopic (exact) mass is 442 g/mol. The van der Waals surface area contributed by atoms with Crippen LogP contribution in [-0.4, -0.2) is 24.8 Å². The minimum Gasteiger partial charge on any atom is -0.492 e. The van der Waals surface area contributed by atoms with Crippen molar-refractivity contribution in [2.75, 3.05) is 17.6 Å². The fourth-order valence-corrected chi connectivity index (χ4v) is 3.58. The zero-order valence-corrected chi connectivity index (χ0v) is 12.7. The first kappa shape index (κ1) is 11.5. The van der Waals surface area contributed by atoms with Gasteiger partial charge in [0.25, 0.3) is 0 Å². The molecule has 2 aliphatic heterocycles. The molecule has 84 valence electrons. The van der Waals surface area contributed by atoms with Gasteiger partial charge in [0, 0.05) is 13.5 Å². The highest BCUT2D eigenvalue weighted by atomic mass is 127. The van der Waals surface area contributed by atoms with Crippen molar-refractivity contribution >= 4 is 57.8 Å². The van der Waals surface area contributed by atoms with Gasteiger partial charge >= 0.3 is 7.12 Å². The van der Waals surface area contributed by atoms with Crippen LogP contribution in [0.1, 0.15) is 11.7 Å². The Labute approximate surface area is 122 Å². The van der Waals surface area contributed by atoms with Gasteiger partial charge in [0.2, 0.25) is 0 Å². The van der Waals surface area contributed by atoms with Crippen LogP contribution in [0.25, 0.3) is 0 Å². The summed E-state index contributed by atoms with van der Waals surface area (Å²) < 4.78 is 19.4. The second kappa shape index (κ2) is 4.62. The molecule has 1 aromatic rings. The van der Waals surface area contributed by atoms with Crippen LogP contribution in [0, 0.1) is 3.57 Å². The molecule has 0 N–H and O–H groups in total. The molecule has 0 radical (unpaired) electrons. The molecule has 0 unspecified atom stereocenters. The smallest absolute Gasteiger partial charge is 0.492 e. The fraction of sp³-hybridized carbons (Fsp3) is 0.400. The molecular weight excluding hydrogens is 433 g/mol. The van der Waals surface area contributed by atoms with E-state index in [2.05, 4.69) is 51.2 Å². The zero-order valence-electron chi connectivity index (χ0n) is 8.41. The summed E-state index contributed by atoms with van der Waals surface area (Å²) in [7, 11) is -0.234. The second-order valence-corrected chi connectivity index (χ2v) is 5.75. The average molecular weight is 442 g/mol. The third kappa shape index (κ3) is 1.77. The Hall–Kier alpha value is 0.465. The molecule has 0 saturated carbocycles. The largest absolute Gasteiger partial charge is 0.498 e. The highest BCUT2D eigenvalue weighted by molar-refractivity contribution is 14.1. The molecule has 1 atom stereocenters. The second-order valence-electron chi connectivity index (χ2n) is 3.70. The van der Waals surface area contributed by atoms with Gasteiger partial charge in [0.05, 0.1) is 12.7 Å². The van der Waals surface area contributed by atoms with Crippen molar-refractivity contribution in [1.82, 2.24) is 0 Å². The van der Waals surface area contributed by atoms with Crippen LogP contribution >= 0.6 is 45.2 Å². The molecule has 2 heterocycles. The van der Waals surface area contributed by atoms with Crippen molar-refractivity contribution in [1.29, 1.82) is 0 Å². The summed E-state index contributed by atoms with van der Waals surface area (Å²) in [5.74, 6) is 0.922. The van der Waals surface area contributed by atoms with E-state index in [1.807, 2.05) is 6.07 Å². The minimum absolute atomic E-state index is 0.133. The number of halogens is 2. The predicted molar refractivity (Wildman–Crippen MR) is 78.7 cm³/mol. The van der Waals surface area contributed by atoms with Crippen molar-refractivity contribution in [2.24, 2.45) is 0 Å². The molecule has 16 heavy (non-hydrogen) atoms. The Bertz CT molecular complexity index is 427. The van der Waals surface area contributed by atoms with Crippen molar-refractivity contribution in [3.63, 3.8) is 0 Å². The van der Waals surface area contributed by atoms with Crippen molar-refractivity contribution < 1.29 is 14.0 Å². The summed E-state index contributed by atoms with van der Waals surface area (Å²) in [6.07, 6.45) is 0.133. The molecule has 6 heteroatoms. The molecule has 1 aromatic carbocycles. The molecule has 0 amide bonds. The van der Waals surface area contributed by atoms with E-state index in [9.17, 15) is 0 Å². The Morgan fingerprint density at radius 3 is 3.06 bits per heavy atom. The van der Waals surface area contributed by atoms with Crippen molar-refractivity contribution in [2.45, 2.75) is 6.10 Å². The number of hydrogen-bond acceptors (Lipinski definition) is 3. The number of hydrogen-bond donors (Lipinski definition) is 0. The third-order valence-electron chi connectivity index (χ3n) is 2.79. The van der Waals surface area contributed by atoms with Crippen LogP contribution in [0.3, 0.4) is 0 Å². The van der Waals surface area contributed by atoms with Crippen LogP contribution in [0.5, 0.6) is 5.75 Å². The molecule has 0 aliphatic carbocycles. The van der Waals surface area contributed by atoms with Gasteiger partial charge in [-0.15, -0.1) is 0 Å². The first-order valence-corrected chi connectivity index (χ1v) is 7.70. The third-order valence-corrected chi connectivity index (χ3v) is 4.53. The molecule has 3 rings (SSSR count). The maximum Gasteiger partial charge on any atom is 0.498 e. The summed E-state index contributed by atoms with van der Waals surface area (Å²) in [4.78, 5) is 0. The molecule has 0 spiro atoms. The molecule has 3 nitrogen and oxygen atoms in total. The van der Waals surface area contributed by atoms with Crippen LogP contribution in [0.4, 0.5) is 0 Å². The average Bonchev–Trinajstić information content (AvgIpc) is 2.55. The Morgan fingerprint density at radius 2 is 2.25 bits per heavy atom. The summed E-state index contributed by atoms with van der Waals surface area (Å²) >= 11 is 4.70. The first-order chi connectivity index (χ1) is 7.81. The number of rotatable bonds is 1. The van der Waals surface area contributed by atoms with E-state index in [1.165, 1.54) is 9.13 Å². The topological polar surface area (TPSA) is 27.7 Å². The van der Waals surface area contributed by atoms with Gasteiger partial charge in [-0.2, -0.15) is 0 Å². The molecule has 0 bridgehead atoms. The molecule has 0 fully saturated rings. The predicted octanol–water partition coefficient (Wildman–Crippen LogP) is 1.90. The fourth-order valence-electron chi connectivity index (χ4n) is 2.11. The van der Waals surface area contributed by atoms with Gasteiger partial charge in [0.1, 0.15) is 12.4 Å². The standard InChI is InChI=1S/C10H9BI2O3/c12-5-8-9-6(13)1-2-7-10(9)11(16-8)15-4-3-14-7/h1-2,8H,3-5H2/t8-/m1/s1. The highest BCUT2D eigenvalue weighted by Gasteiger charge is 2.42. The number of ether oxygens (including phenoxy) is 1. The van der Waals surface area contributed by atoms with Crippen LogP contribution in [0.2, 0.25) is 0 Å². The lowest BCUT2D eigenvalue weighted by molar-refractivity contribution is 0.156. The summed E-state index contributed by atoms with van der Waals surface area (Å²) in [5, 5.41) is 0. The van der Waals surface area contributed by atoms with E-state index in [0.717, 1.165) is 15.6 Å². The van der Waals surface area contributed by atoms with E-state index >= 15 is 0 Å². The van der Waals surface area contributed by atoms with Gasteiger partial charge in [0.15, 0.2) is 0 Å². The lowest BCUT2D eigenvalue weighted by Crippen LogP contribution is -2.31. The quantitative estimate of drug-likeness (QED) is 0.378. The van der Waals surface area contributed by atoms with E-state index in [-0.39, 0.29) is 13.2 Å². The summed E-state index contributed by atoms with van der Waals surface area (Å²) in [6, 6.07) is 4.10. The van der Waals surface area contributed by atoms with Gasteiger partial charge in [-0.3, -0.25) is 0 Å². The van der Waals surface area contributed by atoms with Gasteiger partial charge in [-0.25, -0.2) is 0 Å². The SMILES string of the molecule is IC[C@H]1OB2OCCOc3ccc(I)c1c32. The Balaban J connectivity index is 2.17. The van der Waals surface area contributed by atoms with Gasteiger partial charge < -0.3 is 14.0 Å². The zero-order chi connectivity index (χ0) is 11.1. The van der Waals surface area contributed by atoms with Gasteiger partial charge in [-0.1, -0.05) is 22.6 Å². The molecular formula is C10H9BI2O3. The maximum atomic E-state index is 5.91. The Kier molecular flexibility index (Phi) is 3.33. The van der Waals surface area contributed by atoms with Crippen molar-refractivity contribution in [3.05, 3.63) is 21.3 Å². The van der Waals surface area contributed by atoms with E-state index in [4.69, 9.17) is 14.0 Å². The molecule has 0 aromatic heterocycles. The first-order valence-electron chi connectivity index (χ1n) is 5.09. The maximum absolute atomic E-state index is 5.91. The lowest BCUT2D eigenvalue weighted by Gasteiger charge is -2.12. The van der Waals surface area contributed by atoms with Crippen LogP contribution in [0.15, 0.2) is 12.1 Å². The Morgan fingerprint density at radius 1 is 1.38 bits per heavy atom. The van der Waals surface area contributed by atoms with Crippen molar-refractivity contribution in [3.8, 4) is 5.75 Å². The normalized spacial score (nSPS) is 22.6. The highest BCUT2D eigenvalue weighted by Crippen LogP contribution is 2.34. The molecule has 0 saturated heterocycles. The minimum atomic E-state index is -0.234. The van der Waals surface area contributed by atoms with Crippen LogP contribution in [-0.2, 0) is 9.31 Å². The van der Waals surface area contributed by atoms with Crippen LogP contribution < -0.4 is 10.2 Å². The summed E-state index contributed by atoms with van der Waals surface area (Å²) in [6.45, 7) is 1.19. The lowest BCUT2D eigenvalue weighted by atomic mass is 9.78. The van der Waals surface area contributed by atoms with E-state index in [0.29, 0.717) is 13.2 Å². The van der Waals surface area contributed by atoms with E-state index in [1.54, 1.807) is 0 Å². The van der Waals surface area contributed by atoms with E-state index < -0.39 is 0 Å². The summed E-state index contributed by atoms with van der Waals surface area (Å²) in [5.41, 5.74) is 2.35. The van der Waals surface area contributed by atoms with Gasteiger partial charge in [-0.05, 0) is 40.3 Å².